The van der Waals surface area contributed by atoms with E-state index in [4.69, 9.17) is 9.47 Å². The van der Waals surface area contributed by atoms with E-state index in [2.05, 4.69) is 25.8 Å². The maximum absolute atomic E-state index is 13.7. The highest BCUT2D eigenvalue weighted by molar-refractivity contribution is 6.05. The van der Waals surface area contributed by atoms with Gasteiger partial charge in [-0.2, -0.15) is 0 Å². The Bertz CT molecular complexity index is 1480. The van der Waals surface area contributed by atoms with Gasteiger partial charge in [0.25, 0.3) is 5.91 Å². The molecule has 11 nitrogen and oxygen atoms in total. The second-order valence-electron chi connectivity index (χ2n) is 11.5. The highest BCUT2D eigenvalue weighted by Gasteiger charge is 2.20. The molecule has 4 amide bonds. The Morgan fingerprint density at radius 3 is 2.31 bits per heavy atom. The van der Waals surface area contributed by atoms with Gasteiger partial charge in [0.1, 0.15) is 11.3 Å². The SMILES string of the molecule is CC(C)(C)OC(=O)Nc1ccccc1NC(=O)c1ccc(CN(CCCN2CCOCC2)C(=O)Nc2ccc(F)c(F)c2)cn1. The summed E-state index contributed by atoms with van der Waals surface area (Å²) < 4.78 is 37.8. The molecule has 0 atom stereocenters. The number of carbonyl (C=O) groups excluding carboxylic acids is 3. The number of pyridine rings is 1. The summed E-state index contributed by atoms with van der Waals surface area (Å²) in [6.45, 7) is 9.52. The van der Waals surface area contributed by atoms with Crippen molar-refractivity contribution < 1.29 is 32.6 Å². The zero-order valence-corrected chi connectivity index (χ0v) is 25.6. The molecule has 3 aromatic rings. The minimum atomic E-state index is -1.06. The average Bonchev–Trinajstić information content (AvgIpc) is 2.99. The van der Waals surface area contributed by atoms with Crippen LogP contribution >= 0.6 is 0 Å². The largest absolute Gasteiger partial charge is 0.444 e. The van der Waals surface area contributed by atoms with Crippen molar-refractivity contribution in [1.82, 2.24) is 14.8 Å². The molecule has 0 spiro atoms. The van der Waals surface area contributed by atoms with E-state index in [0.717, 1.165) is 31.8 Å². The monoisotopic (exact) mass is 624 g/mol. The number of morpholine rings is 1. The fourth-order valence-corrected chi connectivity index (χ4v) is 4.51. The van der Waals surface area contributed by atoms with Gasteiger partial charge >= 0.3 is 12.1 Å². The maximum atomic E-state index is 13.7. The molecule has 13 heteroatoms. The lowest BCUT2D eigenvalue weighted by Gasteiger charge is -2.28. The molecular weight excluding hydrogens is 586 g/mol. The molecular formula is C32H38F2N6O5. The predicted octanol–water partition coefficient (Wildman–Crippen LogP) is 5.72. The second kappa shape index (κ2) is 15.4. The molecule has 1 aromatic heterocycles. The number of carbonyl (C=O) groups is 3. The van der Waals surface area contributed by atoms with Crippen molar-refractivity contribution in [2.75, 3.05) is 55.3 Å². The molecule has 4 rings (SSSR count). The summed E-state index contributed by atoms with van der Waals surface area (Å²) in [7, 11) is 0. The Hall–Kier alpha value is -4.62. The summed E-state index contributed by atoms with van der Waals surface area (Å²) in [6.07, 6.45) is 1.52. The first-order chi connectivity index (χ1) is 21.5. The van der Waals surface area contributed by atoms with Crippen molar-refractivity contribution in [2.45, 2.75) is 39.3 Å². The molecule has 2 heterocycles. The molecule has 0 bridgehead atoms. The molecule has 3 N–H and O–H groups in total. The van der Waals surface area contributed by atoms with Gasteiger partial charge in [-0.1, -0.05) is 18.2 Å². The molecule has 0 aliphatic carbocycles. The second-order valence-corrected chi connectivity index (χ2v) is 11.5. The van der Waals surface area contributed by atoms with E-state index < -0.39 is 35.3 Å². The molecule has 2 aromatic carbocycles. The Morgan fingerprint density at radius 2 is 1.67 bits per heavy atom. The average molecular weight is 625 g/mol. The lowest BCUT2D eigenvalue weighted by molar-refractivity contribution is 0.0365. The predicted molar refractivity (Wildman–Crippen MR) is 166 cm³/mol. The number of benzene rings is 2. The summed E-state index contributed by atoms with van der Waals surface area (Å²) in [4.78, 5) is 46.6. The number of nitrogens with one attached hydrogen (secondary N) is 3. The van der Waals surface area contributed by atoms with Crippen LogP contribution in [0.1, 0.15) is 43.2 Å². The lowest BCUT2D eigenvalue weighted by atomic mass is 10.2. The Balaban J connectivity index is 1.41. The third kappa shape index (κ3) is 10.5. The number of hydrogen-bond acceptors (Lipinski definition) is 7. The topological polar surface area (TPSA) is 125 Å². The smallest absolute Gasteiger partial charge is 0.412 e. The minimum absolute atomic E-state index is 0.121. The summed E-state index contributed by atoms with van der Waals surface area (Å²) in [5.41, 5.74) is 0.937. The van der Waals surface area contributed by atoms with Crippen LogP contribution in [-0.2, 0) is 16.0 Å². The van der Waals surface area contributed by atoms with Crippen LogP contribution in [0.3, 0.4) is 0 Å². The summed E-state index contributed by atoms with van der Waals surface area (Å²) in [5.74, 6) is -2.57. The summed E-state index contributed by atoms with van der Waals surface area (Å²) in [5, 5.41) is 8.02. The number of ether oxygens (including phenoxy) is 2. The van der Waals surface area contributed by atoms with Crippen LogP contribution in [0.4, 0.5) is 35.4 Å². The van der Waals surface area contributed by atoms with Gasteiger partial charge in [0.2, 0.25) is 0 Å². The van der Waals surface area contributed by atoms with Crippen LogP contribution < -0.4 is 16.0 Å². The van der Waals surface area contributed by atoms with E-state index in [1.807, 2.05) is 0 Å². The van der Waals surface area contributed by atoms with E-state index in [0.29, 0.717) is 43.1 Å². The molecule has 45 heavy (non-hydrogen) atoms. The zero-order chi connectivity index (χ0) is 32.4. The molecule has 1 aliphatic rings. The van der Waals surface area contributed by atoms with Crippen molar-refractivity contribution >= 4 is 35.1 Å². The van der Waals surface area contributed by atoms with E-state index in [1.165, 1.54) is 18.3 Å². The third-order valence-electron chi connectivity index (χ3n) is 6.71. The Morgan fingerprint density at radius 1 is 0.956 bits per heavy atom. The standard InChI is InChI=1S/C32H38F2N6O5/c1-32(2,3)45-31(43)38-27-8-5-4-7-26(27)37-29(41)28-12-9-22(20-35-28)21-40(14-6-13-39-15-17-44-18-16-39)30(42)36-23-10-11-24(33)25(34)19-23/h4-5,7-12,19-20H,6,13-18,21H2,1-3H3,(H,36,42)(H,37,41)(H,38,43). The molecule has 1 aliphatic heterocycles. The van der Waals surface area contributed by atoms with Gasteiger partial charge in [0, 0.05) is 50.7 Å². The third-order valence-corrected chi connectivity index (χ3v) is 6.71. The molecule has 0 radical (unpaired) electrons. The number of amides is 4. The number of aromatic nitrogens is 1. The first-order valence-corrected chi connectivity index (χ1v) is 14.6. The number of rotatable bonds is 10. The Labute approximate surface area is 260 Å². The fourth-order valence-electron chi connectivity index (χ4n) is 4.51. The van der Waals surface area contributed by atoms with Crippen molar-refractivity contribution in [3.63, 3.8) is 0 Å². The lowest BCUT2D eigenvalue weighted by Crippen LogP contribution is -2.40. The molecule has 1 fully saturated rings. The maximum Gasteiger partial charge on any atom is 0.412 e. The zero-order valence-electron chi connectivity index (χ0n) is 25.6. The van der Waals surface area contributed by atoms with E-state index >= 15 is 0 Å². The highest BCUT2D eigenvalue weighted by Crippen LogP contribution is 2.23. The summed E-state index contributed by atoms with van der Waals surface area (Å²) in [6, 6.07) is 12.6. The van der Waals surface area contributed by atoms with E-state index in [1.54, 1.807) is 56.0 Å². The summed E-state index contributed by atoms with van der Waals surface area (Å²) >= 11 is 0. The van der Waals surface area contributed by atoms with E-state index in [-0.39, 0.29) is 17.9 Å². The normalized spacial score (nSPS) is 13.5. The van der Waals surface area contributed by atoms with Crippen molar-refractivity contribution in [3.05, 3.63) is 83.7 Å². The highest BCUT2D eigenvalue weighted by atomic mass is 19.2. The van der Waals surface area contributed by atoms with Crippen LogP contribution in [0.2, 0.25) is 0 Å². The fraction of sp³-hybridized carbons (Fsp3) is 0.375. The number of nitrogens with zero attached hydrogens (tertiary/aromatic N) is 3. The number of halogens is 2. The van der Waals surface area contributed by atoms with Gasteiger partial charge in [-0.05, 0) is 63.1 Å². The molecule has 0 unspecified atom stereocenters. The van der Waals surface area contributed by atoms with Crippen molar-refractivity contribution in [2.24, 2.45) is 0 Å². The van der Waals surface area contributed by atoms with Crippen LogP contribution in [0.25, 0.3) is 0 Å². The Kier molecular flexibility index (Phi) is 11.4. The van der Waals surface area contributed by atoms with Crippen molar-refractivity contribution in [1.29, 1.82) is 0 Å². The number of urea groups is 1. The number of hydrogen-bond donors (Lipinski definition) is 3. The van der Waals surface area contributed by atoms with Gasteiger partial charge < -0.3 is 25.0 Å². The van der Waals surface area contributed by atoms with Gasteiger partial charge in [-0.15, -0.1) is 0 Å². The first-order valence-electron chi connectivity index (χ1n) is 14.6. The van der Waals surface area contributed by atoms with Crippen LogP contribution in [0.5, 0.6) is 0 Å². The van der Waals surface area contributed by atoms with Crippen molar-refractivity contribution in [3.8, 4) is 0 Å². The number of anilines is 3. The van der Waals surface area contributed by atoms with Gasteiger partial charge in [0.15, 0.2) is 11.6 Å². The minimum Gasteiger partial charge on any atom is -0.444 e. The van der Waals surface area contributed by atoms with Gasteiger partial charge in [-0.3, -0.25) is 20.0 Å². The van der Waals surface area contributed by atoms with E-state index in [9.17, 15) is 23.2 Å². The van der Waals surface area contributed by atoms with Crippen LogP contribution in [0, 0.1) is 11.6 Å². The van der Waals surface area contributed by atoms with Gasteiger partial charge in [-0.25, -0.2) is 18.4 Å². The van der Waals surface area contributed by atoms with Gasteiger partial charge in [0.05, 0.1) is 24.6 Å². The molecule has 1 saturated heterocycles. The van der Waals surface area contributed by atoms with Crippen LogP contribution in [-0.4, -0.2) is 77.8 Å². The molecule has 0 saturated carbocycles. The first kappa shape index (κ1) is 33.3. The quantitative estimate of drug-likeness (QED) is 0.264. The molecule has 240 valence electrons. The number of para-hydroxylation sites is 2. The van der Waals surface area contributed by atoms with Crippen LogP contribution in [0.15, 0.2) is 60.8 Å².